The summed E-state index contributed by atoms with van der Waals surface area (Å²) < 4.78 is 16.0. The van der Waals surface area contributed by atoms with Crippen LogP contribution in [-0.4, -0.2) is 14.8 Å². The van der Waals surface area contributed by atoms with E-state index in [0.29, 0.717) is 16.0 Å². The number of nitrogens with zero attached hydrogens (tertiary/aromatic N) is 3. The van der Waals surface area contributed by atoms with Crippen LogP contribution in [0.5, 0.6) is 0 Å². The van der Waals surface area contributed by atoms with Crippen LogP contribution in [0.25, 0.3) is 5.69 Å². The molecule has 0 saturated heterocycles. The van der Waals surface area contributed by atoms with E-state index >= 15 is 0 Å². The average molecular weight is 319 g/mol. The second-order valence-electron chi connectivity index (χ2n) is 3.89. The van der Waals surface area contributed by atoms with Crippen LogP contribution in [0.3, 0.4) is 0 Å². The average Bonchev–Trinajstić information content (AvgIpc) is 2.61. The second kappa shape index (κ2) is 4.74. The lowest BCUT2D eigenvalue weighted by atomic mass is 10.2. The Balaban J connectivity index is 2.72. The van der Waals surface area contributed by atoms with E-state index < -0.39 is 0 Å². The van der Waals surface area contributed by atoms with Gasteiger partial charge in [0.15, 0.2) is 0 Å². The van der Waals surface area contributed by atoms with Crippen LogP contribution >= 0.6 is 27.5 Å². The van der Waals surface area contributed by atoms with Crippen molar-refractivity contribution in [3.8, 4) is 5.69 Å². The van der Waals surface area contributed by atoms with Crippen LogP contribution in [0.2, 0.25) is 5.28 Å². The van der Waals surface area contributed by atoms with Crippen LogP contribution in [0, 0.1) is 5.82 Å². The van der Waals surface area contributed by atoms with Crippen molar-refractivity contribution >= 4 is 27.5 Å². The van der Waals surface area contributed by atoms with Gasteiger partial charge in [0.1, 0.15) is 11.6 Å². The highest BCUT2D eigenvalue weighted by Gasteiger charge is 2.19. The fourth-order valence-corrected chi connectivity index (χ4v) is 2.29. The molecule has 1 aromatic carbocycles. The van der Waals surface area contributed by atoms with Crippen LogP contribution in [-0.2, 0) is 0 Å². The molecule has 2 rings (SSSR count). The van der Waals surface area contributed by atoms with Gasteiger partial charge in [-0.15, -0.1) is 10.2 Å². The molecule has 0 unspecified atom stereocenters. The summed E-state index contributed by atoms with van der Waals surface area (Å²) >= 11 is 9.28. The van der Waals surface area contributed by atoms with E-state index in [-0.39, 0.29) is 17.0 Å². The van der Waals surface area contributed by atoms with Gasteiger partial charge in [-0.05, 0) is 39.7 Å². The third-order valence-corrected chi connectivity index (χ3v) is 3.21. The van der Waals surface area contributed by atoms with E-state index in [2.05, 4.69) is 26.1 Å². The number of aromatic nitrogens is 3. The number of hydrogen-bond donors (Lipinski definition) is 0. The number of halogens is 3. The van der Waals surface area contributed by atoms with Crippen LogP contribution in [0.1, 0.15) is 25.6 Å². The van der Waals surface area contributed by atoms with Gasteiger partial charge >= 0.3 is 0 Å². The Bertz CT molecular complexity index is 533. The Morgan fingerprint density at radius 3 is 2.65 bits per heavy atom. The lowest BCUT2D eigenvalue weighted by molar-refractivity contribution is 0.610. The highest BCUT2D eigenvalue weighted by molar-refractivity contribution is 9.10. The molecule has 0 aliphatic heterocycles. The molecule has 0 spiro atoms. The Labute approximate surface area is 112 Å². The van der Waals surface area contributed by atoms with E-state index in [4.69, 9.17) is 11.6 Å². The lowest BCUT2D eigenvalue weighted by Gasteiger charge is -2.12. The van der Waals surface area contributed by atoms with Crippen molar-refractivity contribution in [2.45, 2.75) is 19.8 Å². The van der Waals surface area contributed by atoms with Crippen molar-refractivity contribution in [1.29, 1.82) is 0 Å². The molecule has 6 heteroatoms. The van der Waals surface area contributed by atoms with Crippen molar-refractivity contribution in [2.75, 3.05) is 0 Å². The Morgan fingerprint density at radius 1 is 1.35 bits per heavy atom. The molecule has 3 nitrogen and oxygen atoms in total. The Hall–Kier alpha value is -0.940. The van der Waals surface area contributed by atoms with Gasteiger partial charge in [-0.2, -0.15) is 0 Å². The zero-order chi connectivity index (χ0) is 12.6. The summed E-state index contributed by atoms with van der Waals surface area (Å²) in [6.07, 6.45) is 0. The summed E-state index contributed by atoms with van der Waals surface area (Å²) in [7, 11) is 0. The van der Waals surface area contributed by atoms with Gasteiger partial charge in [-0.3, -0.25) is 4.57 Å². The Kier molecular flexibility index (Phi) is 3.49. The van der Waals surface area contributed by atoms with Crippen molar-refractivity contribution in [2.24, 2.45) is 0 Å². The van der Waals surface area contributed by atoms with E-state index in [0.717, 1.165) is 0 Å². The molecule has 0 atom stereocenters. The maximum Gasteiger partial charge on any atom is 0.229 e. The molecule has 1 aromatic heterocycles. The fraction of sp³-hybridized carbons (Fsp3) is 0.273. The maximum atomic E-state index is 13.9. The predicted octanol–water partition coefficient (Wildman–Crippen LogP) is 3.95. The summed E-state index contributed by atoms with van der Waals surface area (Å²) in [6, 6.07) is 4.75. The number of para-hydroxylation sites is 1. The minimum atomic E-state index is -0.372. The number of rotatable bonds is 2. The molecule has 0 aliphatic rings. The topological polar surface area (TPSA) is 30.7 Å². The SMILES string of the molecule is CC(C)c1nnc(Cl)n1-c1c(F)cccc1Br. The van der Waals surface area contributed by atoms with Gasteiger partial charge in [-0.25, -0.2) is 4.39 Å². The summed E-state index contributed by atoms with van der Waals surface area (Å²) in [5.41, 5.74) is 0.339. The largest absolute Gasteiger partial charge is 0.265 e. The van der Waals surface area contributed by atoms with Crippen LogP contribution in [0.4, 0.5) is 4.39 Å². The van der Waals surface area contributed by atoms with Crippen molar-refractivity contribution in [1.82, 2.24) is 14.8 Å². The number of hydrogen-bond acceptors (Lipinski definition) is 2. The first kappa shape index (κ1) is 12.5. The van der Waals surface area contributed by atoms with Gasteiger partial charge < -0.3 is 0 Å². The van der Waals surface area contributed by atoms with Crippen LogP contribution < -0.4 is 0 Å². The second-order valence-corrected chi connectivity index (χ2v) is 5.08. The number of benzene rings is 1. The van der Waals surface area contributed by atoms with E-state index in [1.807, 2.05) is 13.8 Å². The highest BCUT2D eigenvalue weighted by Crippen LogP contribution is 2.29. The molecular formula is C11H10BrClFN3. The van der Waals surface area contributed by atoms with Crippen molar-refractivity contribution in [3.63, 3.8) is 0 Å². The predicted molar refractivity (Wildman–Crippen MR) is 68.1 cm³/mol. The lowest BCUT2D eigenvalue weighted by Crippen LogP contribution is -2.06. The first-order valence-corrected chi connectivity index (χ1v) is 6.24. The summed E-state index contributed by atoms with van der Waals surface area (Å²) in [5.74, 6) is 0.352. The first-order valence-electron chi connectivity index (χ1n) is 5.07. The molecule has 0 bridgehead atoms. The molecule has 2 aromatic rings. The zero-order valence-corrected chi connectivity index (χ0v) is 11.6. The van der Waals surface area contributed by atoms with Crippen molar-refractivity contribution < 1.29 is 4.39 Å². The van der Waals surface area contributed by atoms with Gasteiger partial charge in [0.25, 0.3) is 0 Å². The molecule has 1 heterocycles. The summed E-state index contributed by atoms with van der Waals surface area (Å²) in [4.78, 5) is 0. The summed E-state index contributed by atoms with van der Waals surface area (Å²) in [6.45, 7) is 3.90. The molecule has 17 heavy (non-hydrogen) atoms. The highest BCUT2D eigenvalue weighted by atomic mass is 79.9. The molecule has 0 amide bonds. The van der Waals surface area contributed by atoms with E-state index in [9.17, 15) is 4.39 Å². The smallest absolute Gasteiger partial charge is 0.229 e. The molecule has 0 aliphatic carbocycles. The van der Waals surface area contributed by atoms with E-state index in [1.54, 1.807) is 12.1 Å². The first-order chi connectivity index (χ1) is 8.02. The van der Waals surface area contributed by atoms with Gasteiger partial charge in [-0.1, -0.05) is 19.9 Å². The molecule has 0 radical (unpaired) electrons. The van der Waals surface area contributed by atoms with Gasteiger partial charge in [0, 0.05) is 10.4 Å². The van der Waals surface area contributed by atoms with E-state index in [1.165, 1.54) is 10.6 Å². The molecule has 0 fully saturated rings. The minimum absolute atomic E-state index is 0.0986. The standard InChI is InChI=1S/C11H10BrClFN3/c1-6(2)10-15-16-11(13)17(10)9-7(12)4-3-5-8(9)14/h3-6H,1-2H3. The summed E-state index contributed by atoms with van der Waals surface area (Å²) in [5, 5.41) is 7.91. The monoisotopic (exact) mass is 317 g/mol. The Morgan fingerprint density at radius 2 is 2.06 bits per heavy atom. The quantitative estimate of drug-likeness (QED) is 0.839. The van der Waals surface area contributed by atoms with Gasteiger partial charge in [0.05, 0.1) is 5.69 Å². The zero-order valence-electron chi connectivity index (χ0n) is 9.28. The van der Waals surface area contributed by atoms with Crippen molar-refractivity contribution in [3.05, 3.63) is 39.6 Å². The molecule has 0 N–H and O–H groups in total. The normalized spacial score (nSPS) is 11.2. The maximum absolute atomic E-state index is 13.9. The molecule has 0 saturated carbocycles. The minimum Gasteiger partial charge on any atom is -0.265 e. The molecule has 90 valence electrons. The fourth-order valence-electron chi connectivity index (χ4n) is 1.56. The van der Waals surface area contributed by atoms with Gasteiger partial charge in [0.2, 0.25) is 5.28 Å². The molecular weight excluding hydrogens is 308 g/mol. The third kappa shape index (κ3) is 2.21. The van der Waals surface area contributed by atoms with Crippen LogP contribution in [0.15, 0.2) is 22.7 Å². The third-order valence-electron chi connectivity index (χ3n) is 2.33.